The van der Waals surface area contributed by atoms with E-state index in [1.807, 2.05) is 39.8 Å². The Balaban J connectivity index is 2.03. The Morgan fingerprint density at radius 2 is 1.67 bits per heavy atom. The molecule has 3 rings (SSSR count). The zero-order valence-corrected chi connectivity index (χ0v) is 21.5. The van der Waals surface area contributed by atoms with Crippen LogP contribution in [0.5, 0.6) is 17.2 Å². The number of amides is 1. The lowest BCUT2D eigenvalue weighted by atomic mass is 9.95. The molecule has 9 heteroatoms. The number of hydrogen-bond acceptors (Lipinski definition) is 7. The molecule has 1 N–H and O–H groups in total. The van der Waals surface area contributed by atoms with Crippen molar-refractivity contribution in [3.05, 3.63) is 12.1 Å². The summed E-state index contributed by atoms with van der Waals surface area (Å²) in [6, 6.07) is 4.08. The van der Waals surface area contributed by atoms with Crippen LogP contribution in [0, 0.1) is 0 Å². The summed E-state index contributed by atoms with van der Waals surface area (Å²) in [6.07, 6.45) is 5.70. The highest BCUT2D eigenvalue weighted by molar-refractivity contribution is 8.00. The highest BCUT2D eigenvalue weighted by atomic mass is 32.2. The minimum Gasteiger partial charge on any atom is -0.493 e. The van der Waals surface area contributed by atoms with Gasteiger partial charge in [-0.25, -0.2) is 0 Å². The van der Waals surface area contributed by atoms with Gasteiger partial charge in [0.2, 0.25) is 11.7 Å². The van der Waals surface area contributed by atoms with E-state index in [1.165, 1.54) is 31.0 Å². The van der Waals surface area contributed by atoms with E-state index in [0.717, 1.165) is 29.4 Å². The van der Waals surface area contributed by atoms with E-state index in [9.17, 15) is 4.79 Å². The van der Waals surface area contributed by atoms with Crippen molar-refractivity contribution in [3.8, 4) is 28.6 Å². The summed E-state index contributed by atoms with van der Waals surface area (Å²) >= 11 is 1.45. The molecule has 1 unspecified atom stereocenters. The number of hydrogen-bond donors (Lipinski definition) is 1. The van der Waals surface area contributed by atoms with Crippen molar-refractivity contribution in [1.82, 2.24) is 20.1 Å². The molecule has 1 aromatic carbocycles. The first kappa shape index (κ1) is 25.2. The number of methoxy groups -OCH3 is 3. The van der Waals surface area contributed by atoms with E-state index in [-0.39, 0.29) is 22.7 Å². The smallest absolute Gasteiger partial charge is 0.233 e. The molecule has 1 aliphatic carbocycles. The maximum atomic E-state index is 12.7. The van der Waals surface area contributed by atoms with Gasteiger partial charge < -0.3 is 19.5 Å². The first-order valence-electron chi connectivity index (χ1n) is 11.4. The van der Waals surface area contributed by atoms with Crippen molar-refractivity contribution < 1.29 is 19.0 Å². The third-order valence-electron chi connectivity index (χ3n) is 5.68. The van der Waals surface area contributed by atoms with Crippen LogP contribution >= 0.6 is 11.8 Å². The molecule has 0 spiro atoms. The molecule has 0 bridgehead atoms. The molecule has 182 valence electrons. The number of aromatic nitrogens is 3. The lowest BCUT2D eigenvalue weighted by molar-refractivity contribution is -0.121. The van der Waals surface area contributed by atoms with E-state index in [1.54, 1.807) is 21.3 Å². The van der Waals surface area contributed by atoms with Gasteiger partial charge in [-0.1, -0.05) is 31.0 Å². The van der Waals surface area contributed by atoms with Crippen molar-refractivity contribution in [1.29, 1.82) is 0 Å². The topological polar surface area (TPSA) is 87.5 Å². The zero-order valence-electron chi connectivity index (χ0n) is 20.7. The molecule has 1 aromatic heterocycles. The average molecular weight is 477 g/mol. The van der Waals surface area contributed by atoms with Gasteiger partial charge in [0.05, 0.1) is 26.6 Å². The largest absolute Gasteiger partial charge is 0.493 e. The fraction of sp³-hybridized carbons (Fsp3) is 0.625. The van der Waals surface area contributed by atoms with Gasteiger partial charge in [-0.15, -0.1) is 10.2 Å². The number of nitrogens with one attached hydrogen (secondary N) is 1. The maximum Gasteiger partial charge on any atom is 0.233 e. The summed E-state index contributed by atoms with van der Waals surface area (Å²) in [5.41, 5.74) is 0.547. The Morgan fingerprint density at radius 1 is 1.06 bits per heavy atom. The van der Waals surface area contributed by atoms with E-state index in [4.69, 9.17) is 14.2 Å². The number of benzene rings is 1. The Bertz CT molecular complexity index is 939. The van der Waals surface area contributed by atoms with Gasteiger partial charge in [-0.3, -0.25) is 9.36 Å². The summed E-state index contributed by atoms with van der Waals surface area (Å²) in [5.74, 6) is 2.40. The Labute approximate surface area is 200 Å². The molecule has 1 saturated carbocycles. The molecule has 1 aliphatic rings. The van der Waals surface area contributed by atoms with Gasteiger partial charge in [0.1, 0.15) is 0 Å². The predicted octanol–water partition coefficient (Wildman–Crippen LogP) is 4.87. The van der Waals surface area contributed by atoms with Crippen LogP contribution in [-0.2, 0) is 4.79 Å². The van der Waals surface area contributed by atoms with Gasteiger partial charge in [0, 0.05) is 17.1 Å². The molecule has 1 fully saturated rings. The van der Waals surface area contributed by atoms with Crippen molar-refractivity contribution in [2.24, 2.45) is 0 Å². The van der Waals surface area contributed by atoms with Crippen molar-refractivity contribution >= 4 is 17.7 Å². The van der Waals surface area contributed by atoms with Crippen LogP contribution in [0.2, 0.25) is 0 Å². The van der Waals surface area contributed by atoms with Crippen molar-refractivity contribution in [3.63, 3.8) is 0 Å². The van der Waals surface area contributed by atoms with Gasteiger partial charge in [0.15, 0.2) is 22.5 Å². The van der Waals surface area contributed by atoms with Crippen molar-refractivity contribution in [2.45, 2.75) is 81.8 Å². The first-order valence-corrected chi connectivity index (χ1v) is 12.3. The second-order valence-corrected chi connectivity index (χ2v) is 10.7. The Kier molecular flexibility index (Phi) is 8.15. The van der Waals surface area contributed by atoms with Crippen LogP contribution < -0.4 is 19.5 Å². The van der Waals surface area contributed by atoms with Crippen LogP contribution in [0.25, 0.3) is 11.4 Å². The minimum absolute atomic E-state index is 0.0139. The Hall–Kier alpha value is -2.42. The lowest BCUT2D eigenvalue weighted by Gasteiger charge is -2.27. The van der Waals surface area contributed by atoms with Gasteiger partial charge in [-0.2, -0.15) is 0 Å². The molecule has 0 aliphatic heterocycles. The summed E-state index contributed by atoms with van der Waals surface area (Å²) in [4.78, 5) is 12.7. The summed E-state index contributed by atoms with van der Waals surface area (Å²) < 4.78 is 18.8. The SMILES string of the molecule is COc1cc(-c2nnc(SC(C)C(=O)NC(C)(C)C)n2C2CCCCC2)cc(OC)c1OC. The molecule has 1 heterocycles. The lowest BCUT2D eigenvalue weighted by Crippen LogP contribution is -2.44. The molecule has 33 heavy (non-hydrogen) atoms. The second kappa shape index (κ2) is 10.7. The van der Waals surface area contributed by atoms with Crippen LogP contribution in [-0.4, -0.2) is 52.8 Å². The van der Waals surface area contributed by atoms with Crippen LogP contribution in [0.3, 0.4) is 0 Å². The fourth-order valence-electron chi connectivity index (χ4n) is 4.12. The van der Waals surface area contributed by atoms with Crippen LogP contribution in [0.15, 0.2) is 17.3 Å². The highest BCUT2D eigenvalue weighted by Gasteiger charge is 2.28. The molecule has 1 atom stereocenters. The average Bonchev–Trinajstić information content (AvgIpc) is 3.20. The maximum absolute atomic E-state index is 12.7. The first-order chi connectivity index (χ1) is 15.7. The third kappa shape index (κ3) is 5.93. The number of carbonyl (C=O) groups excluding carboxylic acids is 1. The summed E-state index contributed by atoms with van der Waals surface area (Å²) in [7, 11) is 4.79. The monoisotopic (exact) mass is 476 g/mol. The van der Waals surface area contributed by atoms with Crippen molar-refractivity contribution in [2.75, 3.05) is 21.3 Å². The predicted molar refractivity (Wildman–Crippen MR) is 130 cm³/mol. The molecule has 8 nitrogen and oxygen atoms in total. The fourth-order valence-corrected chi connectivity index (χ4v) is 5.03. The molecule has 0 radical (unpaired) electrons. The van der Waals surface area contributed by atoms with Gasteiger partial charge >= 0.3 is 0 Å². The molecular formula is C24H36N4O4S. The molecular weight excluding hydrogens is 440 g/mol. The standard InChI is InChI=1S/C24H36N4O4S/c1-15(22(29)25-24(2,3)4)33-23-27-26-21(28(23)17-11-9-8-10-12-17)16-13-18(30-5)20(32-7)19(14-16)31-6/h13-15,17H,8-12H2,1-7H3,(H,25,29). The van der Waals surface area contributed by atoms with Gasteiger partial charge in [-0.05, 0) is 52.7 Å². The number of thioether (sulfide) groups is 1. The third-order valence-corrected chi connectivity index (χ3v) is 6.73. The van der Waals surface area contributed by atoms with Crippen LogP contribution in [0.1, 0.15) is 65.8 Å². The number of nitrogens with zero attached hydrogens (tertiary/aromatic N) is 3. The molecule has 1 amide bonds. The highest BCUT2D eigenvalue weighted by Crippen LogP contribution is 2.43. The zero-order chi connectivity index (χ0) is 24.2. The van der Waals surface area contributed by atoms with Gasteiger partial charge in [0.25, 0.3) is 0 Å². The minimum atomic E-state index is -0.302. The van der Waals surface area contributed by atoms with E-state index in [0.29, 0.717) is 17.2 Å². The summed E-state index contributed by atoms with van der Waals surface area (Å²) in [5, 5.41) is 12.6. The van der Waals surface area contributed by atoms with E-state index >= 15 is 0 Å². The number of rotatable bonds is 8. The quantitative estimate of drug-likeness (QED) is 0.544. The summed E-state index contributed by atoms with van der Waals surface area (Å²) in [6.45, 7) is 7.85. The molecule has 0 saturated heterocycles. The van der Waals surface area contributed by atoms with E-state index < -0.39 is 0 Å². The Morgan fingerprint density at radius 3 is 2.18 bits per heavy atom. The number of ether oxygens (including phenoxy) is 3. The second-order valence-electron chi connectivity index (χ2n) is 9.38. The molecule has 2 aromatic rings. The number of carbonyl (C=O) groups is 1. The van der Waals surface area contributed by atoms with E-state index in [2.05, 4.69) is 20.1 Å². The normalized spacial score (nSPS) is 15.7. The van der Waals surface area contributed by atoms with Crippen LogP contribution in [0.4, 0.5) is 0 Å².